The minimum atomic E-state index is 0.580. The molecule has 0 radical (unpaired) electrons. The normalized spacial score (nSPS) is 11.1. The van der Waals surface area contributed by atoms with Crippen molar-refractivity contribution in [3.8, 4) is 5.75 Å². The van der Waals surface area contributed by atoms with Crippen molar-refractivity contribution in [1.29, 1.82) is 0 Å². The van der Waals surface area contributed by atoms with Crippen molar-refractivity contribution in [2.24, 2.45) is 0 Å². The van der Waals surface area contributed by atoms with Crippen LogP contribution in [-0.2, 0) is 0 Å². The van der Waals surface area contributed by atoms with E-state index in [4.69, 9.17) is 27.9 Å². The zero-order valence-electron chi connectivity index (χ0n) is 13.2. The molecule has 120 valence electrons. The van der Waals surface area contributed by atoms with Crippen molar-refractivity contribution in [1.82, 2.24) is 4.90 Å². The standard InChI is InChI=1S/C17H27Cl2NO/c1-3-5-10-20(11-6-4-2)12-7-13-21-17-9-8-15(18)14-16(17)19/h8-9,14H,3-7,10-13H2,1-2H3. The summed E-state index contributed by atoms with van der Waals surface area (Å²) in [7, 11) is 0. The molecule has 0 N–H and O–H groups in total. The number of halogens is 2. The number of ether oxygens (including phenoxy) is 1. The van der Waals surface area contributed by atoms with Gasteiger partial charge in [-0.1, -0.05) is 49.9 Å². The summed E-state index contributed by atoms with van der Waals surface area (Å²) in [6, 6.07) is 5.35. The summed E-state index contributed by atoms with van der Waals surface area (Å²) in [4.78, 5) is 2.54. The van der Waals surface area contributed by atoms with Crippen LogP contribution in [0.2, 0.25) is 10.0 Å². The Hall–Kier alpha value is -0.440. The third kappa shape index (κ3) is 7.94. The van der Waals surface area contributed by atoms with Gasteiger partial charge in [0, 0.05) is 11.6 Å². The van der Waals surface area contributed by atoms with Crippen molar-refractivity contribution >= 4 is 23.2 Å². The molecule has 0 aromatic heterocycles. The lowest BCUT2D eigenvalue weighted by molar-refractivity contribution is 0.229. The molecule has 1 aromatic carbocycles. The SMILES string of the molecule is CCCCN(CCCC)CCCOc1ccc(Cl)cc1Cl. The first-order chi connectivity index (χ1) is 10.2. The predicted molar refractivity (Wildman–Crippen MR) is 92.8 cm³/mol. The van der Waals surface area contributed by atoms with Gasteiger partial charge in [-0.25, -0.2) is 0 Å². The summed E-state index contributed by atoms with van der Waals surface area (Å²) in [6.45, 7) is 8.64. The zero-order chi connectivity index (χ0) is 15.5. The average molecular weight is 332 g/mol. The maximum atomic E-state index is 6.09. The number of benzene rings is 1. The van der Waals surface area contributed by atoms with Crippen molar-refractivity contribution in [3.63, 3.8) is 0 Å². The highest BCUT2D eigenvalue weighted by molar-refractivity contribution is 6.35. The van der Waals surface area contributed by atoms with Gasteiger partial charge < -0.3 is 9.64 Å². The van der Waals surface area contributed by atoms with E-state index in [1.807, 2.05) is 6.07 Å². The lowest BCUT2D eigenvalue weighted by Gasteiger charge is -2.22. The van der Waals surface area contributed by atoms with Crippen LogP contribution in [0.15, 0.2) is 18.2 Å². The van der Waals surface area contributed by atoms with Crippen LogP contribution in [0.25, 0.3) is 0 Å². The summed E-state index contributed by atoms with van der Waals surface area (Å²) in [6.07, 6.45) is 6.06. The molecule has 4 heteroatoms. The average Bonchev–Trinajstić information content (AvgIpc) is 2.47. The summed E-state index contributed by atoms with van der Waals surface area (Å²) < 4.78 is 5.73. The smallest absolute Gasteiger partial charge is 0.137 e. The number of hydrogen-bond acceptors (Lipinski definition) is 2. The van der Waals surface area contributed by atoms with Gasteiger partial charge in [0.15, 0.2) is 0 Å². The monoisotopic (exact) mass is 331 g/mol. The van der Waals surface area contributed by atoms with E-state index in [9.17, 15) is 0 Å². The largest absolute Gasteiger partial charge is 0.492 e. The summed E-state index contributed by atoms with van der Waals surface area (Å²) in [5.74, 6) is 0.717. The molecule has 21 heavy (non-hydrogen) atoms. The van der Waals surface area contributed by atoms with E-state index in [-0.39, 0.29) is 0 Å². The van der Waals surface area contributed by atoms with Crippen LogP contribution in [0.4, 0.5) is 0 Å². The summed E-state index contributed by atoms with van der Waals surface area (Å²) in [5.41, 5.74) is 0. The highest BCUT2D eigenvalue weighted by Gasteiger charge is 2.05. The highest BCUT2D eigenvalue weighted by Crippen LogP contribution is 2.27. The summed E-state index contributed by atoms with van der Waals surface area (Å²) in [5, 5.41) is 1.22. The molecule has 1 aromatic rings. The zero-order valence-corrected chi connectivity index (χ0v) is 14.7. The number of nitrogens with zero attached hydrogens (tertiary/aromatic N) is 1. The van der Waals surface area contributed by atoms with Gasteiger partial charge in [0.05, 0.1) is 11.6 Å². The van der Waals surface area contributed by atoms with Gasteiger partial charge in [-0.05, 0) is 50.6 Å². The number of hydrogen-bond donors (Lipinski definition) is 0. The molecule has 0 aliphatic heterocycles. The molecule has 0 saturated heterocycles. The second-order valence-electron chi connectivity index (χ2n) is 5.33. The molecule has 0 fully saturated rings. The molecule has 0 saturated carbocycles. The van der Waals surface area contributed by atoms with E-state index in [1.165, 1.54) is 38.8 Å². The molecule has 0 spiro atoms. The molecular formula is C17H27Cl2NO. The van der Waals surface area contributed by atoms with Gasteiger partial charge in [0.2, 0.25) is 0 Å². The molecule has 0 heterocycles. The fourth-order valence-corrected chi connectivity index (χ4v) is 2.62. The van der Waals surface area contributed by atoms with E-state index in [1.54, 1.807) is 12.1 Å². The Balaban J connectivity index is 2.29. The minimum Gasteiger partial charge on any atom is -0.492 e. The van der Waals surface area contributed by atoms with Crippen LogP contribution in [-0.4, -0.2) is 31.1 Å². The Morgan fingerprint density at radius 3 is 2.14 bits per heavy atom. The number of rotatable bonds is 11. The predicted octanol–water partition coefficient (Wildman–Crippen LogP) is 5.66. The third-order valence-electron chi connectivity index (χ3n) is 3.43. The van der Waals surface area contributed by atoms with Crippen molar-refractivity contribution in [2.75, 3.05) is 26.2 Å². The van der Waals surface area contributed by atoms with E-state index in [0.29, 0.717) is 16.7 Å². The molecular weight excluding hydrogens is 305 g/mol. The maximum Gasteiger partial charge on any atom is 0.137 e. The second-order valence-corrected chi connectivity index (χ2v) is 6.17. The van der Waals surface area contributed by atoms with E-state index in [2.05, 4.69) is 18.7 Å². The Labute approximate surface area is 139 Å². The first kappa shape index (κ1) is 18.6. The Morgan fingerprint density at radius 1 is 0.952 bits per heavy atom. The van der Waals surface area contributed by atoms with Crippen LogP contribution >= 0.6 is 23.2 Å². The molecule has 0 atom stereocenters. The number of unbranched alkanes of at least 4 members (excludes halogenated alkanes) is 2. The Bertz CT molecular complexity index is 390. The van der Waals surface area contributed by atoms with Crippen molar-refractivity contribution in [2.45, 2.75) is 46.0 Å². The Morgan fingerprint density at radius 2 is 1.57 bits per heavy atom. The molecule has 0 bridgehead atoms. The summed E-state index contributed by atoms with van der Waals surface area (Å²) >= 11 is 12.0. The maximum absolute atomic E-state index is 6.09. The van der Waals surface area contributed by atoms with E-state index >= 15 is 0 Å². The van der Waals surface area contributed by atoms with E-state index in [0.717, 1.165) is 18.7 Å². The van der Waals surface area contributed by atoms with Gasteiger partial charge in [-0.3, -0.25) is 0 Å². The molecule has 0 aliphatic rings. The van der Waals surface area contributed by atoms with Gasteiger partial charge in [0.1, 0.15) is 5.75 Å². The quantitative estimate of drug-likeness (QED) is 0.485. The van der Waals surface area contributed by atoms with Crippen LogP contribution < -0.4 is 4.74 Å². The lowest BCUT2D eigenvalue weighted by atomic mass is 10.2. The van der Waals surface area contributed by atoms with Gasteiger partial charge in [-0.15, -0.1) is 0 Å². The highest BCUT2D eigenvalue weighted by atomic mass is 35.5. The lowest BCUT2D eigenvalue weighted by Crippen LogP contribution is -2.28. The third-order valence-corrected chi connectivity index (χ3v) is 3.96. The first-order valence-electron chi connectivity index (χ1n) is 7.97. The van der Waals surface area contributed by atoms with Gasteiger partial charge in [0.25, 0.3) is 0 Å². The van der Waals surface area contributed by atoms with Crippen molar-refractivity contribution in [3.05, 3.63) is 28.2 Å². The first-order valence-corrected chi connectivity index (χ1v) is 8.73. The fraction of sp³-hybridized carbons (Fsp3) is 0.647. The van der Waals surface area contributed by atoms with Crippen LogP contribution in [0.5, 0.6) is 5.75 Å². The van der Waals surface area contributed by atoms with Gasteiger partial charge in [-0.2, -0.15) is 0 Å². The molecule has 1 rings (SSSR count). The molecule has 0 unspecified atom stereocenters. The van der Waals surface area contributed by atoms with Crippen molar-refractivity contribution < 1.29 is 4.74 Å². The molecule has 0 amide bonds. The van der Waals surface area contributed by atoms with Crippen LogP contribution in [0.3, 0.4) is 0 Å². The minimum absolute atomic E-state index is 0.580. The van der Waals surface area contributed by atoms with Crippen LogP contribution in [0.1, 0.15) is 46.0 Å². The molecule has 2 nitrogen and oxygen atoms in total. The second kappa shape index (κ2) is 11.2. The topological polar surface area (TPSA) is 12.5 Å². The Kier molecular flexibility index (Phi) is 9.90. The van der Waals surface area contributed by atoms with Crippen LogP contribution in [0, 0.1) is 0 Å². The fourth-order valence-electron chi connectivity index (χ4n) is 2.16. The van der Waals surface area contributed by atoms with Gasteiger partial charge >= 0.3 is 0 Å². The van der Waals surface area contributed by atoms with E-state index < -0.39 is 0 Å². The molecule has 0 aliphatic carbocycles.